The van der Waals surface area contributed by atoms with Crippen LogP contribution in [0, 0.1) is 5.82 Å². The number of halogens is 7. The van der Waals surface area contributed by atoms with E-state index >= 15 is 0 Å². The molecule has 0 amide bonds. The van der Waals surface area contributed by atoms with Crippen LogP contribution >= 0.6 is 0 Å². The Morgan fingerprint density at radius 1 is 1.06 bits per heavy atom. The number of H-pyrrole nitrogens is 1. The van der Waals surface area contributed by atoms with Crippen molar-refractivity contribution >= 4 is 33.5 Å². The maximum atomic E-state index is 14.8. The molecular formula is C20H22BF7N2O4S. The zero-order valence-electron chi connectivity index (χ0n) is 19.1. The summed E-state index contributed by atoms with van der Waals surface area (Å²) in [6.07, 6.45) is -10.4. The molecule has 194 valence electrons. The minimum atomic E-state index is -5.07. The van der Waals surface area contributed by atoms with E-state index in [0.717, 1.165) is 0 Å². The fraction of sp³-hybridized carbons (Fsp3) is 0.600. The highest BCUT2D eigenvalue weighted by Crippen LogP contribution is 2.41. The molecule has 0 spiro atoms. The molecule has 6 nitrogen and oxygen atoms in total. The van der Waals surface area contributed by atoms with E-state index in [-0.39, 0.29) is 16.8 Å². The second-order valence-electron chi connectivity index (χ2n) is 9.64. The molecule has 3 heterocycles. The van der Waals surface area contributed by atoms with Crippen LogP contribution in [0.15, 0.2) is 17.2 Å². The van der Waals surface area contributed by atoms with Crippen molar-refractivity contribution in [3.8, 4) is 0 Å². The monoisotopic (exact) mass is 530 g/mol. The van der Waals surface area contributed by atoms with E-state index in [1.165, 1.54) is 0 Å². The largest absolute Gasteiger partial charge is 0.496 e. The van der Waals surface area contributed by atoms with Gasteiger partial charge in [-0.25, -0.2) is 12.8 Å². The molecule has 15 heteroatoms. The molecular weight excluding hydrogens is 508 g/mol. The van der Waals surface area contributed by atoms with Crippen molar-refractivity contribution in [1.29, 1.82) is 0 Å². The van der Waals surface area contributed by atoms with E-state index in [1.807, 2.05) is 0 Å². The number of nitrogens with zero attached hydrogens (tertiary/aromatic N) is 1. The predicted molar refractivity (Wildman–Crippen MR) is 112 cm³/mol. The lowest BCUT2D eigenvalue weighted by Crippen LogP contribution is -2.44. The van der Waals surface area contributed by atoms with Crippen LogP contribution in [0.2, 0.25) is 0 Å². The third kappa shape index (κ3) is 4.23. The van der Waals surface area contributed by atoms with Crippen LogP contribution in [-0.2, 0) is 25.5 Å². The smallest absolute Gasteiger partial charge is 0.399 e. The normalized spacial score (nSPS) is 23.5. The molecule has 2 aromatic rings. The Kier molecular flexibility index (Phi) is 5.87. The average molecular weight is 530 g/mol. The molecule has 2 fully saturated rings. The Labute approximate surface area is 196 Å². The summed E-state index contributed by atoms with van der Waals surface area (Å²) in [5.41, 5.74) is -4.90. The molecule has 2 aliphatic rings. The topological polar surface area (TPSA) is 71.6 Å². The number of fused-ring (bicyclic) bond motifs is 1. The Hall–Kier alpha value is -1.84. The first kappa shape index (κ1) is 26.2. The van der Waals surface area contributed by atoms with Crippen LogP contribution in [0.4, 0.5) is 30.7 Å². The summed E-state index contributed by atoms with van der Waals surface area (Å²) in [4.78, 5) is 2.19. The fourth-order valence-corrected chi connectivity index (χ4v) is 6.00. The third-order valence-electron chi connectivity index (χ3n) is 6.85. The third-order valence-corrected chi connectivity index (χ3v) is 8.68. The molecule has 35 heavy (non-hydrogen) atoms. The van der Waals surface area contributed by atoms with E-state index < -0.39 is 92.5 Å². The number of aromatic amines is 1. The van der Waals surface area contributed by atoms with E-state index in [9.17, 15) is 39.2 Å². The summed E-state index contributed by atoms with van der Waals surface area (Å²) >= 11 is 0. The van der Waals surface area contributed by atoms with Gasteiger partial charge in [0.25, 0.3) is 10.0 Å². The Morgan fingerprint density at radius 2 is 1.63 bits per heavy atom. The lowest BCUT2D eigenvalue weighted by Gasteiger charge is -2.32. The van der Waals surface area contributed by atoms with Gasteiger partial charge in [-0.15, -0.1) is 0 Å². The number of nitrogens with one attached hydrogen (secondary N) is 1. The number of sulfonamides is 1. The van der Waals surface area contributed by atoms with Gasteiger partial charge < -0.3 is 14.3 Å². The van der Waals surface area contributed by atoms with Crippen molar-refractivity contribution in [2.24, 2.45) is 0 Å². The fourth-order valence-electron chi connectivity index (χ4n) is 4.32. The van der Waals surface area contributed by atoms with Gasteiger partial charge in [-0.2, -0.15) is 30.6 Å². The number of aromatic nitrogens is 1. The van der Waals surface area contributed by atoms with Crippen LogP contribution in [0.3, 0.4) is 0 Å². The first-order valence-electron chi connectivity index (χ1n) is 10.6. The molecule has 1 aromatic heterocycles. The summed E-state index contributed by atoms with van der Waals surface area (Å²) in [5, 5.41) is -1.38. The molecule has 0 bridgehead atoms. The molecule has 1 atom stereocenters. The van der Waals surface area contributed by atoms with E-state index in [2.05, 4.69) is 4.98 Å². The van der Waals surface area contributed by atoms with E-state index in [4.69, 9.17) is 9.31 Å². The van der Waals surface area contributed by atoms with Crippen molar-refractivity contribution in [3.05, 3.63) is 23.5 Å². The molecule has 1 N–H and O–H groups in total. The van der Waals surface area contributed by atoms with Crippen molar-refractivity contribution in [3.63, 3.8) is 0 Å². The van der Waals surface area contributed by atoms with Gasteiger partial charge in [-0.05, 0) is 52.7 Å². The summed E-state index contributed by atoms with van der Waals surface area (Å²) in [5.74, 6) is -1.43. The van der Waals surface area contributed by atoms with Gasteiger partial charge in [0.05, 0.1) is 22.3 Å². The van der Waals surface area contributed by atoms with Gasteiger partial charge in [0.2, 0.25) is 0 Å². The number of alkyl halides is 6. The standard InChI is InChI=1S/C20H22BF7N2O4S/c1-17(2)18(3,4)34-21(33-17)15-10-8-14(29-16(10)12(22)9-11(15)19(23,24)25)35(31,32)30-7-5-6-13(30)20(26,27)28/h8-9,13,29H,5-7H2,1-4H3/t13-/m0/s1. The first-order chi connectivity index (χ1) is 15.8. The van der Waals surface area contributed by atoms with Gasteiger partial charge in [-0.1, -0.05) is 0 Å². The molecule has 2 saturated heterocycles. The second kappa shape index (κ2) is 7.83. The quantitative estimate of drug-likeness (QED) is 0.474. The predicted octanol–water partition coefficient (Wildman–Crippen LogP) is 4.34. The van der Waals surface area contributed by atoms with Crippen molar-refractivity contribution in [2.75, 3.05) is 6.54 Å². The van der Waals surface area contributed by atoms with E-state index in [0.29, 0.717) is 6.07 Å². The highest BCUT2D eigenvalue weighted by molar-refractivity contribution is 7.89. The van der Waals surface area contributed by atoms with Gasteiger partial charge in [-0.3, -0.25) is 0 Å². The molecule has 4 rings (SSSR count). The Bertz CT molecular complexity index is 1250. The second-order valence-corrected chi connectivity index (χ2v) is 11.5. The number of rotatable bonds is 3. The summed E-state index contributed by atoms with van der Waals surface area (Å²) in [7, 11) is -6.51. The minimum absolute atomic E-state index is 0.0601. The van der Waals surface area contributed by atoms with Crippen LogP contribution in [0.1, 0.15) is 46.1 Å². The number of hydrogen-bond donors (Lipinski definition) is 1. The summed E-state index contributed by atoms with van der Waals surface area (Å²) < 4.78 is 135. The van der Waals surface area contributed by atoms with Gasteiger partial charge in [0.15, 0.2) is 0 Å². The lowest BCUT2D eigenvalue weighted by atomic mass is 9.73. The summed E-state index contributed by atoms with van der Waals surface area (Å²) in [6, 6.07) is -1.41. The van der Waals surface area contributed by atoms with Crippen molar-refractivity contribution < 1.29 is 48.5 Å². The Morgan fingerprint density at radius 3 is 2.14 bits per heavy atom. The van der Waals surface area contributed by atoms with Crippen LogP contribution in [0.5, 0.6) is 0 Å². The highest BCUT2D eigenvalue weighted by atomic mass is 32.2. The molecule has 0 unspecified atom stereocenters. The number of hydrogen-bond acceptors (Lipinski definition) is 4. The molecule has 2 aliphatic heterocycles. The SMILES string of the molecule is CC1(C)OB(c2c(C(F)(F)F)cc(F)c3[nH]c(S(=O)(=O)N4CCC[C@H]4C(F)(F)F)cc23)OC1(C)C. The highest BCUT2D eigenvalue weighted by Gasteiger charge is 2.55. The van der Waals surface area contributed by atoms with Gasteiger partial charge >= 0.3 is 19.5 Å². The first-order valence-corrected chi connectivity index (χ1v) is 12.1. The van der Waals surface area contributed by atoms with Crippen LogP contribution in [0.25, 0.3) is 10.9 Å². The lowest BCUT2D eigenvalue weighted by molar-refractivity contribution is -0.165. The molecule has 0 radical (unpaired) electrons. The van der Waals surface area contributed by atoms with E-state index in [1.54, 1.807) is 27.7 Å². The zero-order chi connectivity index (χ0) is 26.4. The van der Waals surface area contributed by atoms with Crippen LogP contribution < -0.4 is 5.46 Å². The molecule has 0 aliphatic carbocycles. The Balaban J connectivity index is 1.92. The summed E-state index contributed by atoms with van der Waals surface area (Å²) in [6.45, 7) is 5.89. The maximum absolute atomic E-state index is 14.8. The number of benzene rings is 1. The van der Waals surface area contributed by atoms with Gasteiger partial charge in [0, 0.05) is 17.4 Å². The maximum Gasteiger partial charge on any atom is 0.496 e. The average Bonchev–Trinajstić information content (AvgIpc) is 3.37. The zero-order valence-corrected chi connectivity index (χ0v) is 19.9. The molecule has 0 saturated carbocycles. The van der Waals surface area contributed by atoms with Gasteiger partial charge in [0.1, 0.15) is 16.9 Å². The van der Waals surface area contributed by atoms with Crippen molar-refractivity contribution in [2.45, 2.75) is 75.2 Å². The molecule has 1 aromatic carbocycles. The minimum Gasteiger partial charge on any atom is -0.399 e. The van der Waals surface area contributed by atoms with Crippen molar-refractivity contribution in [1.82, 2.24) is 9.29 Å². The van der Waals surface area contributed by atoms with Crippen LogP contribution in [-0.4, -0.2) is 54.8 Å².